The molecule has 0 spiro atoms. The summed E-state index contributed by atoms with van der Waals surface area (Å²) in [4.78, 5) is 4.55. The van der Waals surface area contributed by atoms with Crippen LogP contribution in [0.1, 0.15) is 53.9 Å². The molecule has 0 aliphatic rings. The Morgan fingerprint density at radius 3 is 2.38 bits per heavy atom. The molecule has 0 aromatic heterocycles. The SMILES string of the molecule is CCNC(=NCCCC(C)(C)C)NC(C)CCS(C)(=O)=O. The molecule has 0 aromatic carbocycles. The van der Waals surface area contributed by atoms with Crippen LogP contribution < -0.4 is 10.6 Å². The molecule has 0 aromatic rings. The highest BCUT2D eigenvalue weighted by Crippen LogP contribution is 2.20. The number of sulfone groups is 1. The minimum absolute atomic E-state index is 0.0835. The lowest BCUT2D eigenvalue weighted by Gasteiger charge is -2.19. The van der Waals surface area contributed by atoms with Gasteiger partial charge in [0, 0.05) is 25.4 Å². The van der Waals surface area contributed by atoms with Crippen molar-refractivity contribution < 1.29 is 8.42 Å². The first-order chi connectivity index (χ1) is 9.53. The maximum Gasteiger partial charge on any atom is 0.191 e. The first-order valence-electron chi connectivity index (χ1n) is 7.76. The second-order valence-corrected chi connectivity index (χ2v) is 9.15. The van der Waals surface area contributed by atoms with Crippen LogP contribution in [0.3, 0.4) is 0 Å². The number of nitrogens with zero attached hydrogens (tertiary/aromatic N) is 1. The Balaban J connectivity index is 4.27. The van der Waals surface area contributed by atoms with Gasteiger partial charge in [0.1, 0.15) is 9.84 Å². The van der Waals surface area contributed by atoms with Crippen LogP contribution >= 0.6 is 0 Å². The van der Waals surface area contributed by atoms with Crippen LogP contribution in [0, 0.1) is 5.41 Å². The van der Waals surface area contributed by atoms with Gasteiger partial charge in [-0.25, -0.2) is 8.42 Å². The minimum Gasteiger partial charge on any atom is -0.357 e. The highest BCUT2D eigenvalue weighted by molar-refractivity contribution is 7.90. The molecule has 126 valence electrons. The summed E-state index contributed by atoms with van der Waals surface area (Å²) in [7, 11) is -2.90. The van der Waals surface area contributed by atoms with E-state index in [0.717, 1.165) is 31.9 Å². The zero-order valence-corrected chi connectivity index (χ0v) is 15.3. The smallest absolute Gasteiger partial charge is 0.191 e. The first kappa shape index (κ1) is 20.2. The zero-order valence-electron chi connectivity index (χ0n) is 14.5. The summed E-state index contributed by atoms with van der Waals surface area (Å²) in [6, 6.07) is 0.0835. The van der Waals surface area contributed by atoms with Crippen LogP contribution in [0.25, 0.3) is 0 Å². The molecule has 21 heavy (non-hydrogen) atoms. The molecule has 0 aliphatic heterocycles. The van der Waals surface area contributed by atoms with Crippen LogP contribution in [0.2, 0.25) is 0 Å². The summed E-state index contributed by atoms with van der Waals surface area (Å²) in [5, 5.41) is 6.46. The molecule has 0 saturated carbocycles. The fraction of sp³-hybridized carbons (Fsp3) is 0.933. The fourth-order valence-electron chi connectivity index (χ4n) is 1.82. The summed E-state index contributed by atoms with van der Waals surface area (Å²) < 4.78 is 22.4. The molecular formula is C15H33N3O2S. The Hall–Kier alpha value is -0.780. The molecule has 0 heterocycles. The van der Waals surface area contributed by atoms with Crippen molar-refractivity contribution in [2.45, 2.75) is 59.9 Å². The van der Waals surface area contributed by atoms with E-state index in [2.05, 4.69) is 36.4 Å². The highest BCUT2D eigenvalue weighted by atomic mass is 32.2. The Labute approximate surface area is 130 Å². The van der Waals surface area contributed by atoms with Crippen molar-refractivity contribution in [3.63, 3.8) is 0 Å². The monoisotopic (exact) mass is 319 g/mol. The maximum absolute atomic E-state index is 11.2. The second-order valence-electron chi connectivity index (χ2n) is 6.89. The number of nitrogens with one attached hydrogen (secondary N) is 2. The third-order valence-electron chi connectivity index (χ3n) is 3.00. The van der Waals surface area contributed by atoms with E-state index < -0.39 is 9.84 Å². The van der Waals surface area contributed by atoms with Crippen molar-refractivity contribution in [2.75, 3.05) is 25.1 Å². The lowest BCUT2D eigenvalue weighted by molar-refractivity contribution is 0.368. The van der Waals surface area contributed by atoms with Gasteiger partial charge in [0.2, 0.25) is 0 Å². The minimum atomic E-state index is -2.90. The Kier molecular flexibility index (Phi) is 8.94. The van der Waals surface area contributed by atoms with Crippen LogP contribution in [0.5, 0.6) is 0 Å². The van der Waals surface area contributed by atoms with Gasteiger partial charge in [-0.1, -0.05) is 20.8 Å². The highest BCUT2D eigenvalue weighted by Gasteiger charge is 2.10. The lowest BCUT2D eigenvalue weighted by atomic mass is 9.91. The molecular weight excluding hydrogens is 286 g/mol. The van der Waals surface area contributed by atoms with Crippen molar-refractivity contribution in [1.29, 1.82) is 0 Å². The Morgan fingerprint density at radius 1 is 1.29 bits per heavy atom. The van der Waals surface area contributed by atoms with Gasteiger partial charge in [0.25, 0.3) is 0 Å². The van der Waals surface area contributed by atoms with E-state index in [1.807, 2.05) is 13.8 Å². The first-order valence-corrected chi connectivity index (χ1v) is 9.82. The number of hydrogen-bond acceptors (Lipinski definition) is 3. The van der Waals surface area contributed by atoms with Gasteiger partial charge in [0.05, 0.1) is 5.75 Å². The molecule has 0 fully saturated rings. The van der Waals surface area contributed by atoms with E-state index >= 15 is 0 Å². The molecule has 6 heteroatoms. The molecule has 1 atom stereocenters. The second kappa shape index (κ2) is 9.28. The van der Waals surface area contributed by atoms with Crippen LogP contribution in [-0.2, 0) is 9.84 Å². The molecule has 0 aliphatic carbocycles. The lowest BCUT2D eigenvalue weighted by Crippen LogP contribution is -2.42. The van der Waals surface area contributed by atoms with Crippen LogP contribution in [0.15, 0.2) is 4.99 Å². The predicted molar refractivity (Wildman–Crippen MR) is 91.6 cm³/mol. The van der Waals surface area contributed by atoms with E-state index in [0.29, 0.717) is 11.8 Å². The number of rotatable bonds is 8. The summed E-state index contributed by atoms with van der Waals surface area (Å²) in [5.74, 6) is 0.970. The van der Waals surface area contributed by atoms with Gasteiger partial charge in [-0.2, -0.15) is 0 Å². The molecule has 5 nitrogen and oxygen atoms in total. The van der Waals surface area contributed by atoms with E-state index in [1.165, 1.54) is 6.26 Å². The average molecular weight is 320 g/mol. The molecule has 1 unspecified atom stereocenters. The van der Waals surface area contributed by atoms with Gasteiger partial charge in [-0.3, -0.25) is 4.99 Å². The van der Waals surface area contributed by atoms with Gasteiger partial charge in [-0.15, -0.1) is 0 Å². The standard InChI is InChI=1S/C15H33N3O2S/c1-7-16-14(17-11-8-10-15(3,4)5)18-13(2)9-12-21(6,19)20/h13H,7-12H2,1-6H3,(H2,16,17,18). The largest absolute Gasteiger partial charge is 0.357 e. The van der Waals surface area contributed by atoms with Crippen molar-refractivity contribution in [2.24, 2.45) is 10.4 Å². The molecule has 0 saturated heterocycles. The third kappa shape index (κ3) is 13.9. The number of guanidine groups is 1. The molecule has 0 rings (SSSR count). The molecule has 0 bridgehead atoms. The van der Waals surface area contributed by atoms with Gasteiger partial charge < -0.3 is 10.6 Å². The van der Waals surface area contributed by atoms with Crippen molar-refractivity contribution in [3.8, 4) is 0 Å². The Morgan fingerprint density at radius 2 is 1.90 bits per heavy atom. The van der Waals surface area contributed by atoms with E-state index in [1.54, 1.807) is 0 Å². The summed E-state index contributed by atoms with van der Waals surface area (Å²) in [5.41, 5.74) is 0.337. The quantitative estimate of drug-likeness (QED) is 0.409. The normalized spacial score (nSPS) is 14.9. The van der Waals surface area contributed by atoms with E-state index in [4.69, 9.17) is 0 Å². The summed E-state index contributed by atoms with van der Waals surface area (Å²) >= 11 is 0. The molecule has 0 radical (unpaired) electrons. The maximum atomic E-state index is 11.2. The average Bonchev–Trinajstić information content (AvgIpc) is 2.30. The van der Waals surface area contributed by atoms with Gasteiger partial charge >= 0.3 is 0 Å². The summed E-state index contributed by atoms with van der Waals surface area (Å²) in [6.07, 6.45) is 4.05. The number of hydrogen-bond donors (Lipinski definition) is 2. The van der Waals surface area contributed by atoms with Crippen molar-refractivity contribution in [1.82, 2.24) is 10.6 Å². The van der Waals surface area contributed by atoms with E-state index in [9.17, 15) is 8.42 Å². The molecule has 2 N–H and O–H groups in total. The third-order valence-corrected chi connectivity index (χ3v) is 3.98. The van der Waals surface area contributed by atoms with Crippen LogP contribution in [0.4, 0.5) is 0 Å². The van der Waals surface area contributed by atoms with Gasteiger partial charge in [-0.05, 0) is 38.5 Å². The zero-order chi connectivity index (χ0) is 16.5. The van der Waals surface area contributed by atoms with Crippen molar-refractivity contribution >= 4 is 15.8 Å². The molecule has 0 amide bonds. The van der Waals surface area contributed by atoms with Crippen LogP contribution in [-0.4, -0.2) is 45.5 Å². The van der Waals surface area contributed by atoms with Crippen molar-refractivity contribution in [3.05, 3.63) is 0 Å². The predicted octanol–water partition coefficient (Wildman–Crippen LogP) is 2.19. The topological polar surface area (TPSA) is 70.6 Å². The van der Waals surface area contributed by atoms with E-state index in [-0.39, 0.29) is 11.8 Å². The Bertz CT molecular complexity index is 411. The fourth-order valence-corrected chi connectivity index (χ4v) is 2.60. The summed E-state index contributed by atoms with van der Waals surface area (Å²) in [6.45, 7) is 12.3. The van der Waals surface area contributed by atoms with Gasteiger partial charge in [0.15, 0.2) is 5.96 Å². The number of aliphatic imine (C=N–C) groups is 1.